The molecule has 2 aromatic heterocycles. The topological polar surface area (TPSA) is 135 Å². The molecule has 1 atom stereocenters. The molecular weight excluding hydrogens is 628 g/mol. The number of benzene rings is 2. The fourth-order valence-electron chi connectivity index (χ4n) is 7.19. The van der Waals surface area contributed by atoms with E-state index in [0.717, 1.165) is 59.6 Å². The molecular formula is C40H48N6O4. The number of carboxylic acids is 1. The molecule has 3 N–H and O–H groups in total. The van der Waals surface area contributed by atoms with Crippen molar-refractivity contribution in [2.45, 2.75) is 86.0 Å². The molecule has 0 aliphatic carbocycles. The SMILES string of the molecule is Cc1nc(C)c([C@H](OC(C)(C)C)C(=O)O)c(N2CCC(C)(C)CC2)c1-c1ccc2c(c1)CCN(c1nnc(-c3ccccc3)cc1C(N)=O)C2. The van der Waals surface area contributed by atoms with E-state index in [-0.39, 0.29) is 5.41 Å². The van der Waals surface area contributed by atoms with Crippen molar-refractivity contribution in [1.82, 2.24) is 15.2 Å². The van der Waals surface area contributed by atoms with Crippen LogP contribution >= 0.6 is 0 Å². The highest BCUT2D eigenvalue weighted by atomic mass is 16.5. The van der Waals surface area contributed by atoms with Crippen LogP contribution in [0.5, 0.6) is 0 Å². The van der Waals surface area contributed by atoms with E-state index >= 15 is 0 Å². The van der Waals surface area contributed by atoms with E-state index in [1.807, 2.05) is 65.0 Å². The predicted molar refractivity (Wildman–Crippen MR) is 196 cm³/mol. The van der Waals surface area contributed by atoms with Crippen LogP contribution in [-0.4, -0.2) is 57.4 Å². The molecule has 6 rings (SSSR count). The maximum absolute atomic E-state index is 12.9. The number of nitrogens with zero attached hydrogens (tertiary/aromatic N) is 5. The average Bonchev–Trinajstić information content (AvgIpc) is 3.06. The third-order valence-corrected chi connectivity index (χ3v) is 9.89. The Labute approximate surface area is 294 Å². The van der Waals surface area contributed by atoms with Gasteiger partial charge in [-0.1, -0.05) is 62.4 Å². The molecule has 0 unspecified atom stereocenters. The summed E-state index contributed by atoms with van der Waals surface area (Å²) in [6.45, 7) is 16.9. The summed E-state index contributed by atoms with van der Waals surface area (Å²) in [5.74, 6) is -1.10. The summed E-state index contributed by atoms with van der Waals surface area (Å²) in [7, 11) is 0. The first-order valence-electron chi connectivity index (χ1n) is 17.4. The van der Waals surface area contributed by atoms with Crippen LogP contribution < -0.4 is 15.5 Å². The summed E-state index contributed by atoms with van der Waals surface area (Å²) in [4.78, 5) is 34.9. The van der Waals surface area contributed by atoms with Crippen LogP contribution in [-0.2, 0) is 22.5 Å². The highest BCUT2D eigenvalue weighted by Gasteiger charge is 2.37. The van der Waals surface area contributed by atoms with Crippen LogP contribution in [0.15, 0.2) is 54.6 Å². The molecule has 1 saturated heterocycles. The summed E-state index contributed by atoms with van der Waals surface area (Å²) in [5, 5.41) is 19.5. The van der Waals surface area contributed by atoms with Gasteiger partial charge in [-0.15, -0.1) is 10.2 Å². The van der Waals surface area contributed by atoms with Crippen LogP contribution in [0.25, 0.3) is 22.4 Å². The van der Waals surface area contributed by atoms with Crippen molar-refractivity contribution in [3.63, 3.8) is 0 Å². The van der Waals surface area contributed by atoms with E-state index in [4.69, 9.17) is 15.5 Å². The van der Waals surface area contributed by atoms with Crippen molar-refractivity contribution in [1.29, 1.82) is 0 Å². The maximum atomic E-state index is 12.9. The molecule has 2 aliphatic rings. The van der Waals surface area contributed by atoms with Crippen LogP contribution in [0, 0.1) is 19.3 Å². The highest BCUT2D eigenvalue weighted by Crippen LogP contribution is 2.45. The second-order valence-corrected chi connectivity index (χ2v) is 15.4. The zero-order valence-corrected chi connectivity index (χ0v) is 30.2. The number of ether oxygens (including phenoxy) is 1. The summed E-state index contributed by atoms with van der Waals surface area (Å²) in [5.41, 5.74) is 14.5. The van der Waals surface area contributed by atoms with Gasteiger partial charge >= 0.3 is 5.97 Å². The van der Waals surface area contributed by atoms with Gasteiger partial charge in [-0.25, -0.2) is 4.79 Å². The largest absolute Gasteiger partial charge is 0.479 e. The zero-order chi connectivity index (χ0) is 36.0. The van der Waals surface area contributed by atoms with Crippen LogP contribution in [0.4, 0.5) is 11.5 Å². The minimum Gasteiger partial charge on any atom is -0.479 e. The van der Waals surface area contributed by atoms with E-state index < -0.39 is 23.6 Å². The van der Waals surface area contributed by atoms with Crippen molar-refractivity contribution in [2.24, 2.45) is 11.1 Å². The van der Waals surface area contributed by atoms with Crippen LogP contribution in [0.2, 0.25) is 0 Å². The molecule has 0 bridgehead atoms. The van der Waals surface area contributed by atoms with Gasteiger partial charge in [0, 0.05) is 54.3 Å². The second-order valence-electron chi connectivity index (χ2n) is 15.4. The molecule has 0 radical (unpaired) electrons. The standard InChI is InChI=1S/C40H48N6O4/c1-24-32(34(45-19-16-40(6,7)17-20-45)33(25(2)42-24)35(38(48)49)50-39(3,4)5)28-13-14-29-23-46(18-15-27(29)21-28)37-30(36(41)47)22-31(43-44-37)26-11-9-8-10-12-26/h8-14,21-22,35H,15-20,23H2,1-7H3,(H2,41,47)(H,48,49)/t35-/m0/s1. The number of fused-ring (bicyclic) bond motifs is 1. The molecule has 10 heteroatoms. The predicted octanol–water partition coefficient (Wildman–Crippen LogP) is 7.05. The number of primary amides is 1. The van der Waals surface area contributed by atoms with Crippen molar-refractivity contribution in [3.05, 3.63) is 88.2 Å². The number of anilines is 2. The van der Waals surface area contributed by atoms with Crippen molar-refractivity contribution in [3.8, 4) is 22.4 Å². The molecule has 2 aromatic carbocycles. The molecule has 0 saturated carbocycles. The van der Waals surface area contributed by atoms with Crippen molar-refractivity contribution < 1.29 is 19.4 Å². The Bertz CT molecular complexity index is 1920. The number of carbonyl (C=O) groups is 2. The van der Waals surface area contributed by atoms with E-state index in [0.29, 0.717) is 47.8 Å². The van der Waals surface area contributed by atoms with Gasteiger partial charge in [0.05, 0.1) is 22.5 Å². The fraction of sp³-hybridized carbons (Fsp3) is 0.425. The molecule has 1 amide bonds. The maximum Gasteiger partial charge on any atom is 0.337 e. The lowest BCUT2D eigenvalue weighted by Crippen LogP contribution is -2.39. The van der Waals surface area contributed by atoms with Gasteiger partial charge in [0.25, 0.3) is 5.91 Å². The molecule has 4 heterocycles. The smallest absolute Gasteiger partial charge is 0.337 e. The minimum atomic E-state index is -1.17. The number of aliphatic carboxylic acids is 1. The quantitative estimate of drug-likeness (QED) is 0.201. The number of hydrogen-bond acceptors (Lipinski definition) is 8. The Hall–Kier alpha value is -4.83. The van der Waals surface area contributed by atoms with Crippen molar-refractivity contribution >= 4 is 23.4 Å². The first kappa shape index (κ1) is 35.0. The summed E-state index contributed by atoms with van der Waals surface area (Å²) in [6, 6.07) is 17.8. The lowest BCUT2D eigenvalue weighted by atomic mass is 9.81. The van der Waals surface area contributed by atoms with Crippen LogP contribution in [0.3, 0.4) is 0 Å². The van der Waals surface area contributed by atoms with Crippen LogP contribution in [0.1, 0.15) is 92.0 Å². The number of carbonyl (C=O) groups excluding carboxylic acids is 1. The van der Waals surface area contributed by atoms with E-state index in [9.17, 15) is 14.7 Å². The first-order valence-corrected chi connectivity index (χ1v) is 17.4. The second kappa shape index (κ2) is 13.5. The van der Waals surface area contributed by atoms with Gasteiger partial charge in [-0.2, -0.15) is 0 Å². The molecule has 1 fully saturated rings. The van der Waals surface area contributed by atoms with E-state index in [1.54, 1.807) is 6.07 Å². The Kier molecular flexibility index (Phi) is 9.43. The monoisotopic (exact) mass is 676 g/mol. The number of piperidine rings is 1. The molecule has 2 aliphatic heterocycles. The number of carboxylic acid groups (broad SMARTS) is 1. The van der Waals surface area contributed by atoms with Gasteiger partial charge in [0.1, 0.15) is 0 Å². The van der Waals surface area contributed by atoms with E-state index in [1.165, 1.54) is 5.56 Å². The highest BCUT2D eigenvalue weighted by molar-refractivity contribution is 5.98. The number of aromatic nitrogens is 3. The summed E-state index contributed by atoms with van der Waals surface area (Å²) >= 11 is 0. The Morgan fingerprint density at radius 1 is 0.900 bits per heavy atom. The normalized spacial score (nSPS) is 16.5. The third-order valence-electron chi connectivity index (χ3n) is 9.89. The van der Waals surface area contributed by atoms with E-state index in [2.05, 4.69) is 52.0 Å². The molecule has 0 spiro atoms. The lowest BCUT2D eigenvalue weighted by Gasteiger charge is -2.41. The zero-order valence-electron chi connectivity index (χ0n) is 30.2. The molecule has 10 nitrogen and oxygen atoms in total. The van der Waals surface area contributed by atoms with Gasteiger partial charge in [-0.3, -0.25) is 9.78 Å². The Morgan fingerprint density at radius 2 is 1.60 bits per heavy atom. The lowest BCUT2D eigenvalue weighted by molar-refractivity contribution is -0.160. The van der Waals surface area contributed by atoms with Gasteiger partial charge in [0.15, 0.2) is 11.9 Å². The average molecular weight is 677 g/mol. The molecule has 50 heavy (non-hydrogen) atoms. The Balaban J connectivity index is 1.40. The number of aryl methyl sites for hydroxylation is 2. The number of hydrogen-bond donors (Lipinski definition) is 2. The fourth-order valence-corrected chi connectivity index (χ4v) is 7.19. The number of pyridine rings is 1. The Morgan fingerprint density at radius 3 is 2.24 bits per heavy atom. The number of rotatable bonds is 8. The van der Waals surface area contributed by atoms with Crippen molar-refractivity contribution in [2.75, 3.05) is 29.4 Å². The minimum absolute atomic E-state index is 0.209. The summed E-state index contributed by atoms with van der Waals surface area (Å²) < 4.78 is 6.26. The summed E-state index contributed by atoms with van der Waals surface area (Å²) in [6.07, 6.45) is 1.53. The number of amides is 1. The van der Waals surface area contributed by atoms with Gasteiger partial charge < -0.3 is 25.4 Å². The third kappa shape index (κ3) is 7.21. The first-order chi connectivity index (χ1) is 23.6. The number of nitrogens with two attached hydrogens (primary N) is 1. The van der Waals surface area contributed by atoms with Gasteiger partial charge in [0.2, 0.25) is 0 Å². The van der Waals surface area contributed by atoms with Gasteiger partial charge in [-0.05, 0) is 82.1 Å². The molecule has 262 valence electrons. The molecule has 4 aromatic rings.